The summed E-state index contributed by atoms with van der Waals surface area (Å²) >= 11 is 0. The third kappa shape index (κ3) is 40.9. The number of carbonyl (C=O) groups is 2. The maximum Gasteiger partial charge on any atom is 0.466 e. The minimum absolute atomic E-state index is 0.174. The van der Waals surface area contributed by atoms with E-state index in [9.17, 15) is 9.59 Å². The lowest BCUT2D eigenvalue weighted by atomic mass is 10.3. The first-order valence-electron chi connectivity index (χ1n) is 12.4. The van der Waals surface area contributed by atoms with E-state index < -0.39 is 19.8 Å². The van der Waals surface area contributed by atoms with E-state index >= 15 is 0 Å². The summed E-state index contributed by atoms with van der Waals surface area (Å²) in [5.74, 6) is -0.825. The molecule has 0 fully saturated rings. The standard InChI is InChI=1S/2C12H22O5.H3O4P/c2*1-4-14-6-7-15-8-9-16-10-11(3)12(13)17-5-2;1-5(2,3)4/h2*3-10H2,1-2H3;(H3,1,2,3,4). The van der Waals surface area contributed by atoms with Crippen LogP contribution in [0.15, 0.2) is 24.3 Å². The summed E-state index contributed by atoms with van der Waals surface area (Å²) < 4.78 is 49.5. The molecule has 0 spiro atoms. The van der Waals surface area contributed by atoms with Crippen LogP contribution in [0.25, 0.3) is 0 Å². The van der Waals surface area contributed by atoms with Gasteiger partial charge >= 0.3 is 19.8 Å². The van der Waals surface area contributed by atoms with Crippen LogP contribution in [0.4, 0.5) is 0 Å². The zero-order valence-corrected chi connectivity index (χ0v) is 24.5. The predicted molar refractivity (Wildman–Crippen MR) is 142 cm³/mol. The number of ether oxygens (including phenoxy) is 8. The number of hydrogen-bond donors (Lipinski definition) is 3. The summed E-state index contributed by atoms with van der Waals surface area (Å²) in [4.78, 5) is 43.8. The predicted octanol–water partition coefficient (Wildman–Crippen LogP) is 1.42. The van der Waals surface area contributed by atoms with Crippen molar-refractivity contribution in [2.45, 2.75) is 27.7 Å². The molecule has 0 aromatic carbocycles. The SMILES string of the molecule is C=C(COCCOCCOCC)C(=O)OCC.C=C(COCCOCCOCC)C(=O)OCC.O=P(O)(O)O. The van der Waals surface area contributed by atoms with Crippen molar-refractivity contribution in [2.75, 3.05) is 92.5 Å². The summed E-state index contributed by atoms with van der Waals surface area (Å²) in [7, 11) is -4.64. The van der Waals surface area contributed by atoms with Gasteiger partial charge < -0.3 is 52.6 Å². The number of carbonyl (C=O) groups excluding carboxylic acids is 2. The lowest BCUT2D eigenvalue weighted by Gasteiger charge is -2.07. The Bertz CT molecular complexity index is 611. The van der Waals surface area contributed by atoms with Crippen molar-refractivity contribution in [3.63, 3.8) is 0 Å². The van der Waals surface area contributed by atoms with Crippen molar-refractivity contribution < 1.29 is 66.7 Å². The van der Waals surface area contributed by atoms with Gasteiger partial charge in [-0.2, -0.15) is 0 Å². The van der Waals surface area contributed by atoms with Crippen molar-refractivity contribution in [3.8, 4) is 0 Å². The molecule has 0 aromatic heterocycles. The van der Waals surface area contributed by atoms with Gasteiger partial charge in [-0.05, 0) is 27.7 Å². The molecule has 0 saturated heterocycles. The lowest BCUT2D eigenvalue weighted by Crippen LogP contribution is -2.14. The topological polar surface area (TPSA) is 186 Å². The second kappa shape index (κ2) is 30.8. The molecule has 0 atom stereocenters. The Morgan fingerprint density at radius 2 is 0.795 bits per heavy atom. The van der Waals surface area contributed by atoms with Crippen molar-refractivity contribution in [2.24, 2.45) is 0 Å². The monoisotopic (exact) mass is 590 g/mol. The van der Waals surface area contributed by atoms with Gasteiger partial charge in [0.05, 0.1) is 90.4 Å². The van der Waals surface area contributed by atoms with Crippen molar-refractivity contribution >= 4 is 19.8 Å². The van der Waals surface area contributed by atoms with Crippen LogP contribution in [0.2, 0.25) is 0 Å². The van der Waals surface area contributed by atoms with Gasteiger partial charge in [0.25, 0.3) is 0 Å². The van der Waals surface area contributed by atoms with Crippen LogP contribution >= 0.6 is 7.82 Å². The molecular weight excluding hydrogens is 543 g/mol. The van der Waals surface area contributed by atoms with Crippen molar-refractivity contribution in [1.82, 2.24) is 0 Å². The van der Waals surface area contributed by atoms with E-state index in [2.05, 4.69) is 13.2 Å². The Hall–Kier alpha value is -1.71. The lowest BCUT2D eigenvalue weighted by molar-refractivity contribution is -0.140. The Kier molecular flexibility index (Phi) is 33.0. The number of esters is 2. The minimum Gasteiger partial charge on any atom is -0.463 e. The van der Waals surface area contributed by atoms with Gasteiger partial charge in [-0.25, -0.2) is 14.2 Å². The van der Waals surface area contributed by atoms with Crippen LogP contribution in [0.3, 0.4) is 0 Å². The fourth-order valence-corrected chi connectivity index (χ4v) is 1.94. The normalized spacial score (nSPS) is 10.4. The summed E-state index contributed by atoms with van der Waals surface area (Å²) in [6.07, 6.45) is 0. The molecule has 0 heterocycles. The Morgan fingerprint density at radius 1 is 0.538 bits per heavy atom. The van der Waals surface area contributed by atoms with Gasteiger partial charge in [0.15, 0.2) is 0 Å². The molecule has 0 aliphatic carbocycles. The van der Waals surface area contributed by atoms with Crippen molar-refractivity contribution in [1.29, 1.82) is 0 Å². The molecule has 39 heavy (non-hydrogen) atoms. The Morgan fingerprint density at radius 3 is 1.05 bits per heavy atom. The van der Waals surface area contributed by atoms with E-state index in [0.29, 0.717) is 90.4 Å². The fourth-order valence-electron chi connectivity index (χ4n) is 1.94. The van der Waals surface area contributed by atoms with Crippen LogP contribution in [-0.4, -0.2) is 119 Å². The first-order chi connectivity index (χ1) is 18.4. The Balaban J connectivity index is -0.000000566. The molecule has 0 rings (SSSR count). The third-order valence-electron chi connectivity index (χ3n) is 3.58. The highest BCUT2D eigenvalue weighted by Crippen LogP contribution is 2.25. The molecular formula is C24H47O14P. The van der Waals surface area contributed by atoms with Crippen LogP contribution in [0.1, 0.15) is 27.7 Å². The summed E-state index contributed by atoms with van der Waals surface area (Å²) in [6, 6.07) is 0. The van der Waals surface area contributed by atoms with Gasteiger partial charge in [-0.1, -0.05) is 13.2 Å². The second-order valence-electron chi connectivity index (χ2n) is 6.89. The molecule has 0 radical (unpaired) electrons. The molecule has 14 nitrogen and oxygen atoms in total. The average Bonchev–Trinajstić information content (AvgIpc) is 2.86. The van der Waals surface area contributed by atoms with Gasteiger partial charge in [0, 0.05) is 13.2 Å². The van der Waals surface area contributed by atoms with Gasteiger partial charge in [-0.15, -0.1) is 0 Å². The van der Waals surface area contributed by atoms with E-state index in [1.54, 1.807) is 13.8 Å². The highest BCUT2D eigenvalue weighted by atomic mass is 31.2. The number of phosphoric acid groups is 1. The maximum absolute atomic E-state index is 11.1. The first kappa shape index (κ1) is 41.8. The fraction of sp³-hybridized carbons (Fsp3) is 0.750. The van der Waals surface area contributed by atoms with Gasteiger partial charge in [0.2, 0.25) is 0 Å². The second-order valence-corrected chi connectivity index (χ2v) is 7.91. The molecule has 0 saturated carbocycles. The van der Waals surface area contributed by atoms with E-state index in [0.717, 1.165) is 0 Å². The molecule has 0 aliphatic heterocycles. The van der Waals surface area contributed by atoms with Crippen LogP contribution in [0.5, 0.6) is 0 Å². The summed E-state index contributed by atoms with van der Waals surface area (Å²) in [6.45, 7) is 21.0. The quantitative estimate of drug-likeness (QED) is 0.0711. The summed E-state index contributed by atoms with van der Waals surface area (Å²) in [5.41, 5.74) is 0.641. The molecule has 232 valence electrons. The van der Waals surface area contributed by atoms with E-state index in [-0.39, 0.29) is 13.2 Å². The van der Waals surface area contributed by atoms with E-state index in [1.165, 1.54) is 0 Å². The average molecular weight is 591 g/mol. The van der Waals surface area contributed by atoms with Crippen molar-refractivity contribution in [3.05, 3.63) is 24.3 Å². The largest absolute Gasteiger partial charge is 0.466 e. The molecule has 0 bridgehead atoms. The summed E-state index contributed by atoms with van der Waals surface area (Å²) in [5, 5.41) is 0. The zero-order valence-electron chi connectivity index (χ0n) is 23.6. The highest BCUT2D eigenvalue weighted by molar-refractivity contribution is 7.45. The van der Waals surface area contributed by atoms with Crippen LogP contribution in [0, 0.1) is 0 Å². The van der Waals surface area contributed by atoms with Crippen LogP contribution in [-0.2, 0) is 52.0 Å². The number of rotatable bonds is 22. The molecule has 3 N–H and O–H groups in total. The zero-order chi connectivity index (χ0) is 30.4. The molecule has 15 heteroatoms. The van der Waals surface area contributed by atoms with Gasteiger partial charge in [0.1, 0.15) is 0 Å². The molecule has 0 aromatic rings. The highest BCUT2D eigenvalue weighted by Gasteiger charge is 2.08. The maximum atomic E-state index is 11.1. The molecule has 0 amide bonds. The number of hydrogen-bond acceptors (Lipinski definition) is 11. The van der Waals surface area contributed by atoms with Gasteiger partial charge in [-0.3, -0.25) is 0 Å². The molecule has 0 unspecified atom stereocenters. The van der Waals surface area contributed by atoms with Crippen LogP contribution < -0.4 is 0 Å². The first-order valence-corrected chi connectivity index (χ1v) is 13.9. The smallest absolute Gasteiger partial charge is 0.463 e. The third-order valence-corrected chi connectivity index (χ3v) is 3.58. The Labute approximate surface area is 231 Å². The molecule has 0 aliphatic rings. The van der Waals surface area contributed by atoms with E-state index in [4.69, 9.17) is 57.1 Å². The van der Waals surface area contributed by atoms with E-state index in [1.807, 2.05) is 13.8 Å². The minimum atomic E-state index is -4.64.